The first kappa shape index (κ1) is 27.2. The largest absolute Gasteiger partial charge is 0.398 e. The summed E-state index contributed by atoms with van der Waals surface area (Å²) in [6.07, 6.45) is 0. The van der Waals surface area contributed by atoms with Crippen LogP contribution in [0.15, 0.2) is 176 Å². The second-order valence-corrected chi connectivity index (χ2v) is 12.3. The molecule has 0 saturated heterocycles. The molecule has 9 rings (SSSR count). The summed E-state index contributed by atoms with van der Waals surface area (Å²) in [5.41, 5.74) is 16.9. The molecule has 0 saturated carbocycles. The van der Waals surface area contributed by atoms with Crippen LogP contribution >= 0.6 is 0 Å². The molecule has 1 heteroatoms. The summed E-state index contributed by atoms with van der Waals surface area (Å²) in [6, 6.07) is 63.3. The third kappa shape index (κ3) is 4.56. The first-order chi connectivity index (χ1) is 23.2. The van der Waals surface area contributed by atoms with Crippen LogP contribution < -0.4 is 5.73 Å². The van der Waals surface area contributed by atoms with E-state index in [1.54, 1.807) is 0 Å². The van der Waals surface area contributed by atoms with Crippen LogP contribution in [0, 0.1) is 0 Å². The average molecular weight is 598 g/mol. The van der Waals surface area contributed by atoms with Gasteiger partial charge in [0.2, 0.25) is 0 Å². The standard InChI is InChI=1S/C46H31N/c47-46-38(30-20-24-32(25-21-30)44-28-34-10-1-3-12-36(34)40-14-5-7-16-42(40)44)18-9-19-39(46)31-22-26-33(27-23-31)45-29-35-11-2-4-13-37(35)41-15-6-8-17-43(41)45/h1-29H,47H2. The fourth-order valence-corrected chi connectivity index (χ4v) is 7.31. The molecule has 0 fully saturated rings. The highest BCUT2D eigenvalue weighted by atomic mass is 14.6. The first-order valence-electron chi connectivity index (χ1n) is 16.1. The van der Waals surface area contributed by atoms with E-state index in [-0.39, 0.29) is 0 Å². The second kappa shape index (κ2) is 11.0. The van der Waals surface area contributed by atoms with Crippen LogP contribution in [0.4, 0.5) is 5.69 Å². The summed E-state index contributed by atoms with van der Waals surface area (Å²) < 4.78 is 0. The Morgan fingerprint density at radius 2 is 0.574 bits per heavy atom. The van der Waals surface area contributed by atoms with Gasteiger partial charge in [0.05, 0.1) is 0 Å². The van der Waals surface area contributed by atoms with Gasteiger partial charge < -0.3 is 5.73 Å². The van der Waals surface area contributed by atoms with Gasteiger partial charge in [0.15, 0.2) is 0 Å². The summed E-state index contributed by atoms with van der Waals surface area (Å²) >= 11 is 0. The van der Waals surface area contributed by atoms with Crippen LogP contribution in [0.1, 0.15) is 0 Å². The zero-order valence-corrected chi connectivity index (χ0v) is 25.8. The van der Waals surface area contributed by atoms with Crippen molar-refractivity contribution in [3.05, 3.63) is 176 Å². The predicted octanol–water partition coefficient (Wildman–Crippen LogP) is 12.5. The van der Waals surface area contributed by atoms with E-state index >= 15 is 0 Å². The summed E-state index contributed by atoms with van der Waals surface area (Å²) in [5, 5.41) is 10.2. The minimum absolute atomic E-state index is 0.792. The summed E-state index contributed by atoms with van der Waals surface area (Å²) in [4.78, 5) is 0. The molecule has 0 aliphatic rings. The number of nitrogens with two attached hydrogens (primary N) is 1. The summed E-state index contributed by atoms with van der Waals surface area (Å²) in [5.74, 6) is 0. The maximum atomic E-state index is 6.92. The molecular weight excluding hydrogens is 567 g/mol. The third-order valence-electron chi connectivity index (χ3n) is 9.66. The Morgan fingerprint density at radius 3 is 0.979 bits per heavy atom. The van der Waals surface area contributed by atoms with Crippen molar-refractivity contribution in [3.8, 4) is 44.5 Å². The Balaban J connectivity index is 1.07. The first-order valence-corrected chi connectivity index (χ1v) is 16.1. The highest BCUT2D eigenvalue weighted by molar-refractivity contribution is 6.15. The fourth-order valence-electron chi connectivity index (χ4n) is 7.31. The number of hydrogen-bond donors (Lipinski definition) is 1. The minimum Gasteiger partial charge on any atom is -0.398 e. The van der Waals surface area contributed by atoms with Gasteiger partial charge >= 0.3 is 0 Å². The molecule has 9 aromatic carbocycles. The quantitative estimate of drug-likeness (QED) is 0.158. The summed E-state index contributed by atoms with van der Waals surface area (Å²) in [7, 11) is 0. The lowest BCUT2D eigenvalue weighted by Gasteiger charge is -2.15. The highest BCUT2D eigenvalue weighted by Crippen LogP contribution is 2.40. The zero-order chi connectivity index (χ0) is 31.3. The number of fused-ring (bicyclic) bond motifs is 6. The van der Waals surface area contributed by atoms with E-state index in [0.29, 0.717) is 0 Å². The Kier molecular flexibility index (Phi) is 6.36. The molecule has 0 amide bonds. The molecule has 0 aromatic heterocycles. The van der Waals surface area contributed by atoms with E-state index in [1.165, 1.54) is 65.3 Å². The van der Waals surface area contributed by atoms with E-state index in [0.717, 1.165) is 27.9 Å². The number of para-hydroxylation sites is 1. The topological polar surface area (TPSA) is 26.0 Å². The van der Waals surface area contributed by atoms with Crippen LogP contribution in [0.25, 0.3) is 87.6 Å². The molecule has 0 radical (unpaired) electrons. The van der Waals surface area contributed by atoms with Crippen molar-refractivity contribution in [2.45, 2.75) is 0 Å². The van der Waals surface area contributed by atoms with Crippen LogP contribution in [-0.4, -0.2) is 0 Å². The van der Waals surface area contributed by atoms with Crippen LogP contribution in [0.5, 0.6) is 0 Å². The van der Waals surface area contributed by atoms with Crippen molar-refractivity contribution >= 4 is 48.8 Å². The second-order valence-electron chi connectivity index (χ2n) is 12.3. The zero-order valence-electron chi connectivity index (χ0n) is 25.8. The lowest BCUT2D eigenvalue weighted by Crippen LogP contribution is -1.94. The van der Waals surface area contributed by atoms with Crippen molar-refractivity contribution in [1.29, 1.82) is 0 Å². The normalized spacial score (nSPS) is 11.5. The van der Waals surface area contributed by atoms with Gasteiger partial charge in [-0.15, -0.1) is 0 Å². The van der Waals surface area contributed by atoms with E-state index in [2.05, 4.69) is 176 Å². The highest BCUT2D eigenvalue weighted by Gasteiger charge is 2.13. The Hall–Kier alpha value is -6.18. The summed E-state index contributed by atoms with van der Waals surface area (Å²) in [6.45, 7) is 0. The number of nitrogen functional groups attached to an aromatic ring is 1. The van der Waals surface area contributed by atoms with E-state index in [4.69, 9.17) is 5.73 Å². The molecule has 0 unspecified atom stereocenters. The lowest BCUT2D eigenvalue weighted by molar-refractivity contribution is 1.57. The Bertz CT molecular complexity index is 2430. The van der Waals surface area contributed by atoms with E-state index in [9.17, 15) is 0 Å². The Labute approximate surface area is 274 Å². The van der Waals surface area contributed by atoms with Gasteiger partial charge in [-0.2, -0.15) is 0 Å². The van der Waals surface area contributed by atoms with Gasteiger partial charge in [-0.3, -0.25) is 0 Å². The monoisotopic (exact) mass is 597 g/mol. The maximum Gasteiger partial charge on any atom is 0.0473 e. The van der Waals surface area contributed by atoms with Crippen molar-refractivity contribution in [3.63, 3.8) is 0 Å². The van der Waals surface area contributed by atoms with Gasteiger partial charge in [0.25, 0.3) is 0 Å². The fraction of sp³-hybridized carbons (Fsp3) is 0. The molecule has 0 atom stereocenters. The van der Waals surface area contributed by atoms with Crippen molar-refractivity contribution < 1.29 is 0 Å². The number of anilines is 1. The maximum absolute atomic E-state index is 6.92. The Morgan fingerprint density at radius 1 is 0.255 bits per heavy atom. The molecule has 47 heavy (non-hydrogen) atoms. The van der Waals surface area contributed by atoms with Crippen LogP contribution in [-0.2, 0) is 0 Å². The number of hydrogen-bond acceptors (Lipinski definition) is 1. The van der Waals surface area contributed by atoms with Crippen molar-refractivity contribution in [1.82, 2.24) is 0 Å². The smallest absolute Gasteiger partial charge is 0.0473 e. The van der Waals surface area contributed by atoms with Gasteiger partial charge in [-0.25, -0.2) is 0 Å². The van der Waals surface area contributed by atoms with Crippen molar-refractivity contribution in [2.24, 2.45) is 0 Å². The van der Waals surface area contributed by atoms with Gasteiger partial charge in [-0.05, 0) is 88.6 Å². The number of benzene rings is 9. The molecule has 0 spiro atoms. The van der Waals surface area contributed by atoms with Crippen LogP contribution in [0.2, 0.25) is 0 Å². The predicted molar refractivity (Wildman–Crippen MR) is 203 cm³/mol. The molecule has 0 bridgehead atoms. The van der Waals surface area contributed by atoms with Gasteiger partial charge in [0.1, 0.15) is 0 Å². The minimum atomic E-state index is 0.792. The van der Waals surface area contributed by atoms with Gasteiger partial charge in [-0.1, -0.05) is 164 Å². The van der Waals surface area contributed by atoms with Gasteiger partial charge in [0, 0.05) is 16.8 Å². The third-order valence-corrected chi connectivity index (χ3v) is 9.66. The molecule has 9 aromatic rings. The van der Waals surface area contributed by atoms with Crippen LogP contribution in [0.3, 0.4) is 0 Å². The lowest BCUT2D eigenvalue weighted by atomic mass is 9.91. The molecule has 1 nitrogen and oxygen atoms in total. The molecule has 0 heterocycles. The molecule has 220 valence electrons. The molecular formula is C46H31N. The van der Waals surface area contributed by atoms with Crippen molar-refractivity contribution in [2.75, 3.05) is 5.73 Å². The van der Waals surface area contributed by atoms with E-state index in [1.807, 2.05) is 0 Å². The molecule has 0 aliphatic carbocycles. The average Bonchev–Trinajstić information content (AvgIpc) is 3.14. The number of rotatable bonds is 4. The SMILES string of the molecule is Nc1c(-c2ccc(-c3cc4ccccc4c4ccccc34)cc2)cccc1-c1ccc(-c2cc3ccccc3c3ccccc23)cc1. The van der Waals surface area contributed by atoms with E-state index < -0.39 is 0 Å². The molecule has 2 N–H and O–H groups in total. The molecule has 0 aliphatic heterocycles.